The maximum absolute atomic E-state index is 13.0. The Kier molecular flexibility index (Phi) is 7.72. The third-order valence-electron chi connectivity index (χ3n) is 6.69. The van der Waals surface area contributed by atoms with E-state index in [1.807, 2.05) is 83.8 Å². The number of hydrogen-bond donors (Lipinski definition) is 1. The number of nitrogens with one attached hydrogen (secondary N) is 1. The molecular formula is C32H29N3O5S. The molecule has 0 unspecified atom stereocenters. The summed E-state index contributed by atoms with van der Waals surface area (Å²) in [5, 5.41) is 0. The standard InChI is InChI=1S/C32H29N3O5S/c1-4-30-33-27-20-24(31(36)23-9-7-6-8-10-23)14-17-28(27)35(30)25-15-12-22(13-16-25)26-19-21(3)11-18-29(26)41(38,39)34-32(37)40-5-2/h6-20H,4-5H2,1-3H3,(H,34,37). The molecule has 0 saturated carbocycles. The van der Waals surface area contributed by atoms with Gasteiger partial charge in [0.25, 0.3) is 10.0 Å². The van der Waals surface area contributed by atoms with Gasteiger partial charge < -0.3 is 4.74 Å². The summed E-state index contributed by atoms with van der Waals surface area (Å²) >= 11 is 0. The summed E-state index contributed by atoms with van der Waals surface area (Å²) < 4.78 is 34.8. The van der Waals surface area contributed by atoms with Crippen LogP contribution in [0, 0.1) is 6.92 Å². The number of benzene rings is 4. The van der Waals surface area contributed by atoms with Crippen LogP contribution in [0.3, 0.4) is 0 Å². The average Bonchev–Trinajstić information content (AvgIpc) is 3.35. The van der Waals surface area contributed by atoms with Crippen LogP contribution in [0.15, 0.2) is 95.9 Å². The van der Waals surface area contributed by atoms with Gasteiger partial charge in [-0.05, 0) is 55.8 Å². The first kappa shape index (κ1) is 27.8. The van der Waals surface area contributed by atoms with Crippen LogP contribution < -0.4 is 4.72 Å². The normalized spacial score (nSPS) is 11.4. The molecule has 5 aromatic rings. The van der Waals surface area contributed by atoms with Crippen LogP contribution in [-0.4, -0.2) is 36.5 Å². The first-order valence-electron chi connectivity index (χ1n) is 13.2. The second-order valence-corrected chi connectivity index (χ2v) is 11.1. The van der Waals surface area contributed by atoms with Gasteiger partial charge in [0.2, 0.25) is 0 Å². The van der Waals surface area contributed by atoms with Crippen molar-refractivity contribution in [2.24, 2.45) is 0 Å². The fourth-order valence-electron chi connectivity index (χ4n) is 4.77. The van der Waals surface area contributed by atoms with Crippen LogP contribution in [0.1, 0.15) is 41.2 Å². The minimum absolute atomic E-state index is 0.0261. The minimum atomic E-state index is -4.17. The lowest BCUT2D eigenvalue weighted by molar-refractivity contribution is 0.103. The van der Waals surface area contributed by atoms with Gasteiger partial charge in [-0.25, -0.2) is 22.9 Å². The number of nitrogens with zero attached hydrogens (tertiary/aromatic N) is 2. The van der Waals surface area contributed by atoms with Crippen LogP contribution in [-0.2, 0) is 21.2 Å². The van der Waals surface area contributed by atoms with E-state index in [4.69, 9.17) is 9.72 Å². The summed E-state index contributed by atoms with van der Waals surface area (Å²) in [5.74, 6) is 0.764. The molecule has 0 fully saturated rings. The second-order valence-electron chi connectivity index (χ2n) is 9.49. The van der Waals surface area contributed by atoms with E-state index in [9.17, 15) is 18.0 Å². The predicted molar refractivity (Wildman–Crippen MR) is 158 cm³/mol. The molecule has 0 atom stereocenters. The summed E-state index contributed by atoms with van der Waals surface area (Å²) in [6.45, 7) is 5.54. The Morgan fingerprint density at radius 3 is 2.29 bits per heavy atom. The van der Waals surface area contributed by atoms with E-state index in [2.05, 4.69) is 0 Å². The molecule has 0 radical (unpaired) electrons. The number of carbonyl (C=O) groups excluding carboxylic acids is 2. The van der Waals surface area contributed by atoms with Crippen molar-refractivity contribution in [2.75, 3.05) is 6.61 Å². The van der Waals surface area contributed by atoms with Crippen molar-refractivity contribution >= 4 is 32.9 Å². The lowest BCUT2D eigenvalue weighted by Gasteiger charge is -2.14. The van der Waals surface area contributed by atoms with Crippen LogP contribution >= 0.6 is 0 Å². The summed E-state index contributed by atoms with van der Waals surface area (Å²) in [6, 6.07) is 27.1. The van der Waals surface area contributed by atoms with E-state index in [0.29, 0.717) is 34.2 Å². The second kappa shape index (κ2) is 11.4. The number of hydrogen-bond acceptors (Lipinski definition) is 6. The molecule has 0 spiro atoms. The lowest BCUT2D eigenvalue weighted by atomic mass is 10.0. The molecule has 0 aliphatic rings. The largest absolute Gasteiger partial charge is 0.449 e. The van der Waals surface area contributed by atoms with E-state index in [0.717, 1.165) is 22.6 Å². The Labute approximate surface area is 238 Å². The molecule has 5 rings (SSSR count). The number of imidazole rings is 1. The maximum atomic E-state index is 13.0. The Bertz CT molecular complexity index is 1860. The number of aromatic nitrogens is 2. The van der Waals surface area contributed by atoms with Crippen molar-refractivity contribution in [2.45, 2.75) is 32.1 Å². The van der Waals surface area contributed by atoms with Crippen molar-refractivity contribution in [3.05, 3.63) is 114 Å². The van der Waals surface area contributed by atoms with E-state index in [-0.39, 0.29) is 17.3 Å². The molecule has 1 N–H and O–H groups in total. The van der Waals surface area contributed by atoms with Crippen molar-refractivity contribution in [1.29, 1.82) is 0 Å². The molecule has 0 bridgehead atoms. The van der Waals surface area contributed by atoms with Gasteiger partial charge in [0.15, 0.2) is 5.78 Å². The SMILES string of the molecule is CCOC(=O)NS(=O)(=O)c1ccc(C)cc1-c1ccc(-n2c(CC)nc3cc(C(=O)c4ccccc4)ccc32)cc1. The molecule has 1 aromatic heterocycles. The third kappa shape index (κ3) is 5.62. The summed E-state index contributed by atoms with van der Waals surface area (Å²) in [4.78, 5) is 29.7. The van der Waals surface area contributed by atoms with E-state index < -0.39 is 16.1 Å². The number of amides is 1. The quantitative estimate of drug-likeness (QED) is 0.223. The molecule has 0 aliphatic heterocycles. The Morgan fingerprint density at radius 1 is 0.878 bits per heavy atom. The Morgan fingerprint density at radius 2 is 1.61 bits per heavy atom. The zero-order chi connectivity index (χ0) is 29.1. The van der Waals surface area contributed by atoms with Gasteiger partial charge in [0.1, 0.15) is 5.82 Å². The topological polar surface area (TPSA) is 107 Å². The molecule has 0 aliphatic carbocycles. The maximum Gasteiger partial charge on any atom is 0.421 e. The number of rotatable bonds is 8. The minimum Gasteiger partial charge on any atom is -0.449 e. The highest BCUT2D eigenvalue weighted by molar-refractivity contribution is 7.90. The number of carbonyl (C=O) groups is 2. The first-order valence-corrected chi connectivity index (χ1v) is 14.7. The number of aryl methyl sites for hydroxylation is 2. The lowest BCUT2D eigenvalue weighted by Crippen LogP contribution is -2.31. The number of fused-ring (bicyclic) bond motifs is 1. The summed E-state index contributed by atoms with van der Waals surface area (Å²) in [5.41, 5.74) is 5.60. The van der Waals surface area contributed by atoms with Gasteiger partial charge in [-0.15, -0.1) is 0 Å². The van der Waals surface area contributed by atoms with Crippen LogP contribution in [0.4, 0.5) is 4.79 Å². The van der Waals surface area contributed by atoms with Gasteiger partial charge in [0, 0.05) is 28.8 Å². The fourth-order valence-corrected chi connectivity index (χ4v) is 5.87. The zero-order valence-electron chi connectivity index (χ0n) is 22.9. The molecule has 1 heterocycles. The van der Waals surface area contributed by atoms with Gasteiger partial charge >= 0.3 is 6.09 Å². The molecule has 1 amide bonds. The van der Waals surface area contributed by atoms with Crippen LogP contribution in [0.5, 0.6) is 0 Å². The molecule has 41 heavy (non-hydrogen) atoms. The highest BCUT2D eigenvalue weighted by Gasteiger charge is 2.23. The van der Waals surface area contributed by atoms with Gasteiger partial charge in [0.05, 0.1) is 22.5 Å². The van der Waals surface area contributed by atoms with E-state index in [1.54, 1.807) is 31.2 Å². The Hall–Kier alpha value is -4.76. The highest BCUT2D eigenvalue weighted by Crippen LogP contribution is 2.31. The summed E-state index contributed by atoms with van der Waals surface area (Å²) in [7, 11) is -4.17. The zero-order valence-corrected chi connectivity index (χ0v) is 23.7. The third-order valence-corrected chi connectivity index (χ3v) is 8.06. The molecule has 0 saturated heterocycles. The fraction of sp³-hybridized carbons (Fsp3) is 0.156. The van der Waals surface area contributed by atoms with Gasteiger partial charge in [-0.2, -0.15) is 0 Å². The molecule has 9 heteroatoms. The molecule has 4 aromatic carbocycles. The predicted octanol–water partition coefficient (Wildman–Crippen LogP) is 6.23. The van der Waals surface area contributed by atoms with Crippen LogP contribution in [0.2, 0.25) is 0 Å². The number of ketones is 1. The number of sulfonamides is 1. The first-order chi connectivity index (χ1) is 19.7. The van der Waals surface area contributed by atoms with Crippen molar-refractivity contribution in [3.8, 4) is 16.8 Å². The van der Waals surface area contributed by atoms with Gasteiger partial charge in [-0.3, -0.25) is 9.36 Å². The van der Waals surface area contributed by atoms with Crippen molar-refractivity contribution in [3.63, 3.8) is 0 Å². The Balaban J connectivity index is 1.52. The van der Waals surface area contributed by atoms with Crippen LogP contribution in [0.25, 0.3) is 27.8 Å². The summed E-state index contributed by atoms with van der Waals surface area (Å²) in [6.07, 6.45) is -0.361. The molecule has 8 nitrogen and oxygen atoms in total. The van der Waals surface area contributed by atoms with Crippen molar-refractivity contribution in [1.82, 2.24) is 14.3 Å². The molecular weight excluding hydrogens is 538 g/mol. The average molecular weight is 568 g/mol. The van der Waals surface area contributed by atoms with E-state index >= 15 is 0 Å². The van der Waals surface area contributed by atoms with Crippen molar-refractivity contribution < 1.29 is 22.7 Å². The monoisotopic (exact) mass is 567 g/mol. The van der Waals surface area contributed by atoms with Gasteiger partial charge in [-0.1, -0.05) is 67.1 Å². The number of ether oxygens (including phenoxy) is 1. The molecule has 208 valence electrons. The van der Waals surface area contributed by atoms with E-state index in [1.165, 1.54) is 6.07 Å². The highest BCUT2D eigenvalue weighted by atomic mass is 32.2. The smallest absolute Gasteiger partial charge is 0.421 e.